The summed E-state index contributed by atoms with van der Waals surface area (Å²) in [5, 5.41) is 10.5. The molecular weight excluding hydrogens is 230 g/mol. The van der Waals surface area contributed by atoms with Crippen molar-refractivity contribution in [1.29, 1.82) is 0 Å². The molecule has 0 fully saturated rings. The second kappa shape index (κ2) is 5.78. The summed E-state index contributed by atoms with van der Waals surface area (Å²) < 4.78 is 0. The van der Waals surface area contributed by atoms with Gasteiger partial charge in [-0.2, -0.15) is 0 Å². The number of ketones is 1. The van der Waals surface area contributed by atoms with Crippen LogP contribution in [0.25, 0.3) is 0 Å². The van der Waals surface area contributed by atoms with Crippen molar-refractivity contribution in [1.82, 2.24) is 0 Å². The maximum absolute atomic E-state index is 11.6. The summed E-state index contributed by atoms with van der Waals surface area (Å²) in [6.07, 6.45) is 0. The Kier molecular flexibility index (Phi) is 4.39. The van der Waals surface area contributed by atoms with Crippen molar-refractivity contribution in [3.8, 4) is 11.8 Å². The molecule has 0 unspecified atom stereocenters. The van der Waals surface area contributed by atoms with Gasteiger partial charge in [0.1, 0.15) is 0 Å². The predicted molar refractivity (Wildman–Crippen MR) is 69.0 cm³/mol. The number of nitro benzene ring substituents is 1. The van der Waals surface area contributed by atoms with E-state index in [2.05, 4.69) is 11.8 Å². The van der Waals surface area contributed by atoms with Gasteiger partial charge in [0.25, 0.3) is 5.69 Å². The van der Waals surface area contributed by atoms with Crippen LogP contribution in [0.4, 0.5) is 5.69 Å². The van der Waals surface area contributed by atoms with Gasteiger partial charge in [-0.05, 0) is 38.8 Å². The van der Waals surface area contributed by atoms with E-state index >= 15 is 0 Å². The van der Waals surface area contributed by atoms with Gasteiger partial charge < -0.3 is 0 Å². The molecule has 18 heavy (non-hydrogen) atoms. The molecule has 0 saturated carbocycles. The molecule has 0 bridgehead atoms. The Bertz CT molecular complexity index is 567. The van der Waals surface area contributed by atoms with Crippen LogP contribution < -0.4 is 0 Å². The van der Waals surface area contributed by atoms with Crippen LogP contribution in [-0.2, 0) is 4.79 Å². The SMILES string of the molecule is CC(C)=C(C)C(=O)C#Cc1ccc([N+](=O)[O-])cc1. The van der Waals surface area contributed by atoms with Crippen molar-refractivity contribution < 1.29 is 9.72 Å². The molecule has 0 radical (unpaired) electrons. The summed E-state index contributed by atoms with van der Waals surface area (Å²) in [6.45, 7) is 5.42. The van der Waals surface area contributed by atoms with Gasteiger partial charge in [0, 0.05) is 23.3 Å². The molecule has 0 spiro atoms. The van der Waals surface area contributed by atoms with Crippen molar-refractivity contribution in [2.45, 2.75) is 20.8 Å². The number of hydrogen-bond donors (Lipinski definition) is 0. The van der Waals surface area contributed by atoms with E-state index in [-0.39, 0.29) is 11.5 Å². The lowest BCUT2D eigenvalue weighted by atomic mass is 10.1. The summed E-state index contributed by atoms with van der Waals surface area (Å²) in [5.41, 5.74) is 2.14. The van der Waals surface area contributed by atoms with E-state index in [0.29, 0.717) is 11.1 Å². The van der Waals surface area contributed by atoms with Crippen LogP contribution in [0.3, 0.4) is 0 Å². The van der Waals surface area contributed by atoms with Gasteiger partial charge in [-0.25, -0.2) is 0 Å². The second-order valence-corrected chi connectivity index (χ2v) is 4.01. The van der Waals surface area contributed by atoms with Gasteiger partial charge in [-0.3, -0.25) is 14.9 Å². The molecule has 92 valence electrons. The monoisotopic (exact) mass is 243 g/mol. The third-order valence-electron chi connectivity index (χ3n) is 2.49. The molecule has 1 aromatic rings. The number of benzene rings is 1. The fraction of sp³-hybridized carbons (Fsp3) is 0.214. The highest BCUT2D eigenvalue weighted by molar-refractivity contribution is 6.08. The minimum absolute atomic E-state index is 0.00681. The highest BCUT2D eigenvalue weighted by atomic mass is 16.6. The Morgan fingerprint density at radius 3 is 2.17 bits per heavy atom. The maximum Gasteiger partial charge on any atom is 0.269 e. The summed E-state index contributed by atoms with van der Waals surface area (Å²) in [5.74, 6) is 4.97. The molecular formula is C14H13NO3. The molecule has 1 aromatic carbocycles. The van der Waals surface area contributed by atoms with Crippen LogP contribution >= 0.6 is 0 Å². The molecule has 4 heteroatoms. The van der Waals surface area contributed by atoms with Gasteiger partial charge in [-0.15, -0.1) is 0 Å². The number of non-ortho nitro benzene ring substituents is 1. The van der Waals surface area contributed by atoms with Crippen molar-refractivity contribution in [2.75, 3.05) is 0 Å². The van der Waals surface area contributed by atoms with E-state index < -0.39 is 4.92 Å². The normalized spacial score (nSPS) is 9.06. The predicted octanol–water partition coefficient (Wildman–Crippen LogP) is 2.87. The van der Waals surface area contributed by atoms with Gasteiger partial charge in [0.2, 0.25) is 5.78 Å². The molecule has 0 N–H and O–H groups in total. The van der Waals surface area contributed by atoms with Crippen LogP contribution in [0.15, 0.2) is 35.4 Å². The lowest BCUT2D eigenvalue weighted by molar-refractivity contribution is -0.384. The average molecular weight is 243 g/mol. The standard InChI is InChI=1S/C14H13NO3/c1-10(2)11(3)14(16)9-6-12-4-7-13(8-5-12)15(17)18/h4-5,7-8H,1-3H3. The van der Waals surface area contributed by atoms with E-state index in [4.69, 9.17) is 0 Å². The summed E-state index contributed by atoms with van der Waals surface area (Å²) in [4.78, 5) is 21.6. The molecule has 0 saturated heterocycles. The molecule has 0 amide bonds. The molecule has 0 aliphatic carbocycles. The fourth-order valence-electron chi connectivity index (χ4n) is 1.12. The quantitative estimate of drug-likeness (QED) is 0.347. The van der Waals surface area contributed by atoms with Crippen LogP contribution in [0.5, 0.6) is 0 Å². The van der Waals surface area contributed by atoms with Gasteiger partial charge in [0.05, 0.1) is 4.92 Å². The van der Waals surface area contributed by atoms with E-state index in [1.165, 1.54) is 24.3 Å². The van der Waals surface area contributed by atoms with Crippen molar-refractivity contribution in [3.63, 3.8) is 0 Å². The van der Waals surface area contributed by atoms with E-state index in [0.717, 1.165) is 5.57 Å². The Morgan fingerprint density at radius 1 is 1.17 bits per heavy atom. The molecule has 0 aliphatic heterocycles. The minimum atomic E-state index is -0.476. The lowest BCUT2D eigenvalue weighted by Crippen LogP contribution is -1.97. The molecule has 4 nitrogen and oxygen atoms in total. The van der Waals surface area contributed by atoms with E-state index in [1.807, 2.05) is 13.8 Å². The zero-order valence-electron chi connectivity index (χ0n) is 10.5. The Morgan fingerprint density at radius 2 is 1.72 bits per heavy atom. The number of nitrogens with zero attached hydrogens (tertiary/aromatic N) is 1. The Hall–Kier alpha value is -2.41. The summed E-state index contributed by atoms with van der Waals surface area (Å²) in [6, 6.07) is 5.77. The summed E-state index contributed by atoms with van der Waals surface area (Å²) >= 11 is 0. The van der Waals surface area contributed by atoms with E-state index in [9.17, 15) is 14.9 Å². The first-order chi connectivity index (χ1) is 8.41. The fourth-order valence-corrected chi connectivity index (χ4v) is 1.12. The first kappa shape index (κ1) is 13.7. The third kappa shape index (κ3) is 3.56. The average Bonchev–Trinajstić information content (AvgIpc) is 2.35. The third-order valence-corrected chi connectivity index (χ3v) is 2.49. The molecule has 0 heterocycles. The first-order valence-corrected chi connectivity index (χ1v) is 5.36. The van der Waals surface area contributed by atoms with Crippen LogP contribution in [0, 0.1) is 22.0 Å². The zero-order chi connectivity index (χ0) is 13.7. The Balaban J connectivity index is 2.90. The second-order valence-electron chi connectivity index (χ2n) is 4.01. The van der Waals surface area contributed by atoms with Crippen molar-refractivity contribution in [2.24, 2.45) is 0 Å². The first-order valence-electron chi connectivity index (χ1n) is 5.36. The zero-order valence-corrected chi connectivity index (χ0v) is 10.5. The lowest BCUT2D eigenvalue weighted by Gasteiger charge is -1.95. The largest absolute Gasteiger partial charge is 0.280 e. The molecule has 0 aromatic heterocycles. The number of rotatable bonds is 2. The van der Waals surface area contributed by atoms with Gasteiger partial charge in [0.15, 0.2) is 0 Å². The number of carbonyl (C=O) groups is 1. The number of Topliss-reactive ketones (excluding diaryl/α,β-unsaturated/α-hetero) is 1. The topological polar surface area (TPSA) is 60.2 Å². The minimum Gasteiger partial charge on any atom is -0.280 e. The molecule has 1 rings (SSSR count). The highest BCUT2D eigenvalue weighted by Crippen LogP contribution is 2.11. The van der Waals surface area contributed by atoms with Gasteiger partial charge >= 0.3 is 0 Å². The molecule has 0 atom stereocenters. The van der Waals surface area contributed by atoms with Crippen LogP contribution in [0.1, 0.15) is 26.3 Å². The number of allylic oxidation sites excluding steroid dienone is 2. The van der Waals surface area contributed by atoms with Crippen molar-refractivity contribution >= 4 is 11.5 Å². The summed E-state index contributed by atoms with van der Waals surface area (Å²) in [7, 11) is 0. The smallest absolute Gasteiger partial charge is 0.269 e. The highest BCUT2D eigenvalue weighted by Gasteiger charge is 2.03. The van der Waals surface area contributed by atoms with Crippen molar-refractivity contribution in [3.05, 3.63) is 51.1 Å². The van der Waals surface area contributed by atoms with Crippen LogP contribution in [0.2, 0.25) is 0 Å². The maximum atomic E-state index is 11.6. The molecule has 0 aliphatic rings. The van der Waals surface area contributed by atoms with Gasteiger partial charge in [-0.1, -0.05) is 11.5 Å². The van der Waals surface area contributed by atoms with E-state index in [1.54, 1.807) is 6.92 Å². The van der Waals surface area contributed by atoms with Crippen LogP contribution in [-0.4, -0.2) is 10.7 Å². The Labute approximate surface area is 105 Å². The number of hydrogen-bond acceptors (Lipinski definition) is 3. The number of nitro groups is 1. The number of carbonyl (C=O) groups excluding carboxylic acids is 1.